The molecule has 19 heavy (non-hydrogen) atoms. The summed E-state index contributed by atoms with van der Waals surface area (Å²) in [5.41, 5.74) is -0.961. The molecule has 0 bridgehead atoms. The Morgan fingerprint density at radius 1 is 1.37 bits per heavy atom. The molecule has 1 aromatic rings. The summed E-state index contributed by atoms with van der Waals surface area (Å²) in [5, 5.41) is 6.48. The molecule has 2 nitrogen and oxygen atoms in total. The van der Waals surface area contributed by atoms with Crippen molar-refractivity contribution in [1.29, 1.82) is 0 Å². The molecule has 0 heterocycles. The summed E-state index contributed by atoms with van der Waals surface area (Å²) in [5.74, 6) is 0.174. The van der Waals surface area contributed by atoms with Crippen molar-refractivity contribution in [1.82, 2.24) is 0 Å². The fourth-order valence-corrected chi connectivity index (χ4v) is 2.05. The highest BCUT2D eigenvalue weighted by atomic mass is 35.5. The Kier molecular flexibility index (Phi) is 4.59. The number of alkyl halides is 3. The van der Waals surface area contributed by atoms with Crippen molar-refractivity contribution in [3.8, 4) is 5.75 Å². The van der Waals surface area contributed by atoms with Gasteiger partial charge in [-0.25, -0.2) is 0 Å². The second kappa shape index (κ2) is 5.47. The molecule has 1 aromatic carbocycles. The average Bonchev–Trinajstić information content (AvgIpc) is 2.30. The van der Waals surface area contributed by atoms with Gasteiger partial charge in [-0.1, -0.05) is 6.08 Å². The topological polar surface area (TPSA) is 29.5 Å². The van der Waals surface area contributed by atoms with Crippen LogP contribution >= 0.6 is 11.6 Å². The predicted molar refractivity (Wildman–Crippen MR) is 72.0 cm³/mol. The fourth-order valence-electron chi connectivity index (χ4n) is 1.87. The Hall–Kier alpha value is -1.13. The number of hydrogen-bond acceptors (Lipinski definition) is 2. The van der Waals surface area contributed by atoms with Crippen LogP contribution in [-0.2, 0) is 5.60 Å². The van der Waals surface area contributed by atoms with Gasteiger partial charge in [0.1, 0.15) is 5.75 Å². The van der Waals surface area contributed by atoms with Crippen molar-refractivity contribution < 1.29 is 18.6 Å². The third-order valence-electron chi connectivity index (χ3n) is 3.17. The highest BCUT2D eigenvalue weighted by molar-refractivity contribution is 6.22. The van der Waals surface area contributed by atoms with Crippen molar-refractivity contribution in [3.05, 3.63) is 41.5 Å². The molecule has 0 radical (unpaired) electrons. The first-order valence-corrected chi connectivity index (χ1v) is 6.11. The Morgan fingerprint density at radius 3 is 2.32 bits per heavy atom. The van der Waals surface area contributed by atoms with E-state index >= 15 is 0 Å². The third kappa shape index (κ3) is 2.90. The first kappa shape index (κ1) is 15.9. The van der Waals surface area contributed by atoms with Crippen molar-refractivity contribution in [2.45, 2.75) is 31.3 Å². The van der Waals surface area contributed by atoms with Crippen LogP contribution < -0.4 is 4.74 Å². The standard InChI is InChI=1S/C14H17ClF2O2/c1-5-6-13(18,14(15,16)17)11-7-9(2)10(3)8-12(11)19-4/h5,7-8,18H,1,6H2,2-4H3. The lowest BCUT2D eigenvalue weighted by atomic mass is 9.87. The van der Waals surface area contributed by atoms with Crippen molar-refractivity contribution in [3.63, 3.8) is 0 Å². The Bertz CT molecular complexity index is 483. The maximum absolute atomic E-state index is 13.6. The molecule has 0 aliphatic carbocycles. The summed E-state index contributed by atoms with van der Waals surface area (Å²) in [6.07, 6.45) is 0.813. The molecule has 5 heteroatoms. The van der Waals surface area contributed by atoms with Crippen LogP contribution in [0, 0.1) is 13.8 Å². The van der Waals surface area contributed by atoms with E-state index in [1.54, 1.807) is 13.0 Å². The minimum absolute atomic E-state index is 0.0435. The normalized spacial score (nSPS) is 14.9. The van der Waals surface area contributed by atoms with Gasteiger partial charge in [-0.3, -0.25) is 0 Å². The summed E-state index contributed by atoms with van der Waals surface area (Å²) < 4.78 is 32.3. The second-order valence-electron chi connectivity index (χ2n) is 4.49. The number of ether oxygens (including phenoxy) is 1. The maximum atomic E-state index is 13.6. The van der Waals surface area contributed by atoms with E-state index < -0.39 is 11.0 Å². The molecule has 0 aliphatic heterocycles. The molecule has 0 saturated heterocycles. The van der Waals surface area contributed by atoms with E-state index in [1.807, 2.05) is 6.92 Å². The van der Waals surface area contributed by atoms with E-state index in [4.69, 9.17) is 16.3 Å². The van der Waals surface area contributed by atoms with Crippen molar-refractivity contribution in [2.24, 2.45) is 0 Å². The summed E-state index contributed by atoms with van der Waals surface area (Å²) >= 11 is 5.09. The quantitative estimate of drug-likeness (QED) is 0.658. The summed E-state index contributed by atoms with van der Waals surface area (Å²) in [4.78, 5) is 0. The lowest BCUT2D eigenvalue weighted by Gasteiger charge is -2.33. The monoisotopic (exact) mass is 290 g/mol. The molecule has 0 aliphatic rings. The van der Waals surface area contributed by atoms with E-state index in [0.717, 1.165) is 11.1 Å². The smallest absolute Gasteiger partial charge is 0.354 e. The molecular formula is C14H17ClF2O2. The van der Waals surface area contributed by atoms with E-state index in [1.165, 1.54) is 19.3 Å². The van der Waals surface area contributed by atoms with Crippen LogP contribution in [0.15, 0.2) is 24.8 Å². The molecule has 1 unspecified atom stereocenters. The highest BCUT2D eigenvalue weighted by Gasteiger charge is 2.53. The molecule has 106 valence electrons. The van der Waals surface area contributed by atoms with Crippen LogP contribution in [0.5, 0.6) is 5.75 Å². The first-order valence-electron chi connectivity index (χ1n) is 5.73. The second-order valence-corrected chi connectivity index (χ2v) is 4.96. The predicted octanol–water partition coefficient (Wildman–Crippen LogP) is 3.91. The largest absolute Gasteiger partial charge is 0.496 e. The van der Waals surface area contributed by atoms with E-state index in [9.17, 15) is 13.9 Å². The lowest BCUT2D eigenvalue weighted by Crippen LogP contribution is -2.41. The minimum Gasteiger partial charge on any atom is -0.496 e. The molecule has 1 rings (SSSR count). The summed E-state index contributed by atoms with van der Waals surface area (Å²) in [6, 6.07) is 3.06. The van der Waals surface area contributed by atoms with Crippen LogP contribution in [0.25, 0.3) is 0 Å². The van der Waals surface area contributed by atoms with Gasteiger partial charge in [-0.2, -0.15) is 8.78 Å². The first-order chi connectivity index (χ1) is 8.67. The van der Waals surface area contributed by atoms with Gasteiger partial charge in [0.25, 0.3) is 0 Å². The molecule has 1 N–H and O–H groups in total. The number of rotatable bonds is 5. The number of methoxy groups -OCH3 is 1. The molecule has 0 aromatic heterocycles. The van der Waals surface area contributed by atoms with Gasteiger partial charge in [0.15, 0.2) is 5.60 Å². The minimum atomic E-state index is -3.84. The average molecular weight is 291 g/mol. The van der Waals surface area contributed by atoms with Crippen LogP contribution in [0.3, 0.4) is 0 Å². The van der Waals surface area contributed by atoms with Gasteiger partial charge in [0.2, 0.25) is 0 Å². The maximum Gasteiger partial charge on any atom is 0.354 e. The third-order valence-corrected chi connectivity index (χ3v) is 3.48. The van der Waals surface area contributed by atoms with Gasteiger partial charge in [0, 0.05) is 12.0 Å². The van der Waals surface area contributed by atoms with Gasteiger partial charge >= 0.3 is 5.38 Å². The highest BCUT2D eigenvalue weighted by Crippen LogP contribution is 2.47. The molecule has 0 fully saturated rings. The van der Waals surface area contributed by atoms with Gasteiger partial charge in [-0.15, -0.1) is 6.58 Å². The lowest BCUT2D eigenvalue weighted by molar-refractivity contribution is -0.131. The zero-order valence-electron chi connectivity index (χ0n) is 11.1. The summed E-state index contributed by atoms with van der Waals surface area (Å²) in [6.45, 7) is 6.98. The number of aryl methyl sites for hydroxylation is 2. The molecule has 0 saturated carbocycles. The fraction of sp³-hybridized carbons (Fsp3) is 0.429. The van der Waals surface area contributed by atoms with Gasteiger partial charge in [0.05, 0.1) is 7.11 Å². The van der Waals surface area contributed by atoms with Crippen LogP contribution in [0.1, 0.15) is 23.1 Å². The Labute approximate surface area is 116 Å². The number of benzene rings is 1. The number of aliphatic hydroxyl groups is 1. The number of hydrogen-bond donors (Lipinski definition) is 1. The molecule has 1 atom stereocenters. The zero-order valence-corrected chi connectivity index (χ0v) is 11.9. The van der Waals surface area contributed by atoms with E-state index in [-0.39, 0.29) is 17.7 Å². The molecule has 0 spiro atoms. The van der Waals surface area contributed by atoms with Crippen LogP contribution in [0.2, 0.25) is 0 Å². The van der Waals surface area contributed by atoms with Gasteiger partial charge < -0.3 is 9.84 Å². The van der Waals surface area contributed by atoms with Crippen molar-refractivity contribution >= 4 is 11.6 Å². The Balaban J connectivity index is 3.55. The number of halogens is 3. The van der Waals surface area contributed by atoms with Crippen LogP contribution in [-0.4, -0.2) is 17.6 Å². The van der Waals surface area contributed by atoms with Gasteiger partial charge in [-0.05, 0) is 48.7 Å². The SMILES string of the molecule is C=CCC(O)(c1cc(C)c(C)cc1OC)C(F)(F)Cl. The Morgan fingerprint density at radius 2 is 1.89 bits per heavy atom. The van der Waals surface area contributed by atoms with E-state index in [2.05, 4.69) is 6.58 Å². The zero-order chi connectivity index (χ0) is 14.8. The van der Waals surface area contributed by atoms with E-state index in [0.29, 0.717) is 0 Å². The summed E-state index contributed by atoms with van der Waals surface area (Å²) in [7, 11) is 1.36. The molecular weight excluding hydrogens is 274 g/mol. The van der Waals surface area contributed by atoms with Crippen LogP contribution in [0.4, 0.5) is 8.78 Å². The van der Waals surface area contributed by atoms with Crippen molar-refractivity contribution in [2.75, 3.05) is 7.11 Å². The molecule has 0 amide bonds.